The molecule has 1 amide bonds. The summed E-state index contributed by atoms with van der Waals surface area (Å²) < 4.78 is 5.54. The minimum Gasteiger partial charge on any atom is -0.481 e. The number of amides is 1. The van der Waals surface area contributed by atoms with Gasteiger partial charge < -0.3 is 10.1 Å². The van der Waals surface area contributed by atoms with Crippen molar-refractivity contribution in [3.05, 3.63) is 65.7 Å². The first kappa shape index (κ1) is 14.6. The van der Waals surface area contributed by atoms with Gasteiger partial charge in [0.25, 0.3) is 5.91 Å². The van der Waals surface area contributed by atoms with Crippen molar-refractivity contribution in [1.29, 1.82) is 5.26 Å². The highest BCUT2D eigenvalue weighted by atomic mass is 16.5. The van der Waals surface area contributed by atoms with Gasteiger partial charge in [-0.05, 0) is 30.7 Å². The van der Waals surface area contributed by atoms with Crippen LogP contribution in [0, 0.1) is 11.3 Å². The van der Waals surface area contributed by atoms with Crippen molar-refractivity contribution in [3.8, 4) is 11.8 Å². The number of hydrogen-bond acceptors (Lipinski definition) is 3. The predicted octanol–water partition coefficient (Wildman–Crippen LogP) is 2.64. The Bertz CT molecular complexity index is 647. The highest BCUT2D eigenvalue weighted by Gasteiger charge is 2.14. The van der Waals surface area contributed by atoms with E-state index in [0.29, 0.717) is 17.9 Å². The van der Waals surface area contributed by atoms with Crippen LogP contribution in [0.2, 0.25) is 0 Å². The van der Waals surface area contributed by atoms with Crippen molar-refractivity contribution < 1.29 is 9.53 Å². The third kappa shape index (κ3) is 4.36. The van der Waals surface area contributed by atoms with Gasteiger partial charge in [0.1, 0.15) is 5.75 Å². The molecule has 4 heteroatoms. The van der Waals surface area contributed by atoms with Gasteiger partial charge in [-0.3, -0.25) is 4.79 Å². The Balaban J connectivity index is 1.89. The third-order valence-electron chi connectivity index (χ3n) is 2.95. The fourth-order valence-electron chi connectivity index (χ4n) is 1.83. The zero-order valence-electron chi connectivity index (χ0n) is 11.7. The van der Waals surface area contributed by atoms with Crippen LogP contribution in [0.1, 0.15) is 18.1 Å². The first-order valence-electron chi connectivity index (χ1n) is 6.67. The average molecular weight is 280 g/mol. The Kier molecular flexibility index (Phi) is 4.94. The van der Waals surface area contributed by atoms with Gasteiger partial charge in [0.2, 0.25) is 0 Å². The van der Waals surface area contributed by atoms with Gasteiger partial charge >= 0.3 is 0 Å². The number of benzene rings is 2. The molecular formula is C17H16N2O2. The van der Waals surface area contributed by atoms with Gasteiger partial charge in [0, 0.05) is 6.54 Å². The Morgan fingerprint density at radius 2 is 2.00 bits per heavy atom. The quantitative estimate of drug-likeness (QED) is 0.915. The van der Waals surface area contributed by atoms with Gasteiger partial charge in [-0.2, -0.15) is 5.26 Å². The number of nitriles is 1. The zero-order valence-corrected chi connectivity index (χ0v) is 11.7. The van der Waals surface area contributed by atoms with Crippen LogP contribution in [-0.2, 0) is 11.3 Å². The molecular weight excluding hydrogens is 264 g/mol. The van der Waals surface area contributed by atoms with E-state index < -0.39 is 6.10 Å². The summed E-state index contributed by atoms with van der Waals surface area (Å²) in [6.07, 6.45) is -0.623. The summed E-state index contributed by atoms with van der Waals surface area (Å²) in [6, 6.07) is 18.5. The highest BCUT2D eigenvalue weighted by Crippen LogP contribution is 2.14. The number of rotatable bonds is 5. The molecule has 2 rings (SSSR count). The monoisotopic (exact) mass is 280 g/mol. The Morgan fingerprint density at radius 3 is 2.71 bits per heavy atom. The topological polar surface area (TPSA) is 62.1 Å². The zero-order chi connectivity index (χ0) is 15.1. The SMILES string of the molecule is CC(Oc1cccc(C#N)c1)C(=O)NCc1ccccc1. The summed E-state index contributed by atoms with van der Waals surface area (Å²) in [6.45, 7) is 2.14. The van der Waals surface area contributed by atoms with Crippen molar-refractivity contribution in [2.45, 2.75) is 19.6 Å². The van der Waals surface area contributed by atoms with E-state index in [1.165, 1.54) is 0 Å². The van der Waals surface area contributed by atoms with Crippen molar-refractivity contribution in [3.63, 3.8) is 0 Å². The van der Waals surface area contributed by atoms with Crippen LogP contribution in [0.25, 0.3) is 0 Å². The lowest BCUT2D eigenvalue weighted by atomic mass is 10.2. The molecule has 106 valence electrons. The number of nitrogens with zero attached hydrogens (tertiary/aromatic N) is 1. The second kappa shape index (κ2) is 7.11. The van der Waals surface area contributed by atoms with E-state index in [0.717, 1.165) is 5.56 Å². The molecule has 4 nitrogen and oxygen atoms in total. The van der Waals surface area contributed by atoms with Crippen LogP contribution in [-0.4, -0.2) is 12.0 Å². The lowest BCUT2D eigenvalue weighted by Crippen LogP contribution is -2.35. The normalized spacial score (nSPS) is 11.2. The summed E-state index contributed by atoms with van der Waals surface area (Å²) in [5.41, 5.74) is 1.54. The lowest BCUT2D eigenvalue weighted by molar-refractivity contribution is -0.127. The van der Waals surface area contributed by atoms with Crippen LogP contribution in [0.4, 0.5) is 0 Å². The predicted molar refractivity (Wildman–Crippen MR) is 79.5 cm³/mol. The summed E-state index contributed by atoms with van der Waals surface area (Å²) >= 11 is 0. The van der Waals surface area contributed by atoms with Crippen LogP contribution in [0.15, 0.2) is 54.6 Å². The number of nitrogens with one attached hydrogen (secondary N) is 1. The molecule has 1 atom stereocenters. The van der Waals surface area contributed by atoms with Crippen molar-refractivity contribution in [2.24, 2.45) is 0 Å². The summed E-state index contributed by atoms with van der Waals surface area (Å²) in [7, 11) is 0. The molecule has 0 saturated carbocycles. The molecule has 1 unspecified atom stereocenters. The van der Waals surface area contributed by atoms with Gasteiger partial charge in [-0.1, -0.05) is 36.4 Å². The Morgan fingerprint density at radius 1 is 1.24 bits per heavy atom. The first-order valence-corrected chi connectivity index (χ1v) is 6.67. The van der Waals surface area contributed by atoms with Crippen LogP contribution in [0.3, 0.4) is 0 Å². The molecule has 0 bridgehead atoms. The maximum Gasteiger partial charge on any atom is 0.261 e. The minimum absolute atomic E-state index is 0.193. The molecule has 2 aromatic carbocycles. The molecule has 0 spiro atoms. The molecule has 1 N–H and O–H groups in total. The van der Waals surface area contributed by atoms with Crippen molar-refractivity contribution in [1.82, 2.24) is 5.32 Å². The van der Waals surface area contributed by atoms with Gasteiger partial charge in [-0.15, -0.1) is 0 Å². The maximum atomic E-state index is 12.0. The molecule has 2 aromatic rings. The van der Waals surface area contributed by atoms with Crippen LogP contribution >= 0.6 is 0 Å². The standard InChI is InChI=1S/C17H16N2O2/c1-13(21-16-9-5-8-15(10-16)11-18)17(20)19-12-14-6-3-2-4-7-14/h2-10,13H,12H2,1H3,(H,19,20). The van der Waals surface area contributed by atoms with Gasteiger partial charge in [0.15, 0.2) is 6.10 Å². The van der Waals surface area contributed by atoms with Gasteiger partial charge in [-0.25, -0.2) is 0 Å². The molecule has 0 heterocycles. The van der Waals surface area contributed by atoms with E-state index >= 15 is 0 Å². The Hall–Kier alpha value is -2.80. The fourth-order valence-corrected chi connectivity index (χ4v) is 1.83. The van der Waals surface area contributed by atoms with E-state index in [4.69, 9.17) is 10.00 Å². The summed E-state index contributed by atoms with van der Waals surface area (Å²) in [4.78, 5) is 12.0. The molecule has 0 aromatic heterocycles. The van der Waals surface area contributed by atoms with Crippen molar-refractivity contribution in [2.75, 3.05) is 0 Å². The number of carbonyl (C=O) groups excluding carboxylic acids is 1. The Labute approximate surface area is 124 Å². The second-order valence-corrected chi connectivity index (χ2v) is 4.60. The summed E-state index contributed by atoms with van der Waals surface area (Å²) in [5, 5.41) is 11.6. The van der Waals surface area contributed by atoms with E-state index in [9.17, 15) is 4.79 Å². The second-order valence-electron chi connectivity index (χ2n) is 4.60. The lowest BCUT2D eigenvalue weighted by Gasteiger charge is -2.14. The van der Waals surface area contributed by atoms with Crippen LogP contribution in [0.5, 0.6) is 5.75 Å². The molecule has 0 radical (unpaired) electrons. The van der Waals surface area contributed by atoms with Crippen molar-refractivity contribution >= 4 is 5.91 Å². The molecule has 0 aliphatic heterocycles. The minimum atomic E-state index is -0.623. The maximum absolute atomic E-state index is 12.0. The van der Waals surface area contributed by atoms with Crippen LogP contribution < -0.4 is 10.1 Å². The van der Waals surface area contributed by atoms with Gasteiger partial charge in [0.05, 0.1) is 11.6 Å². The first-order chi connectivity index (χ1) is 10.2. The van der Waals surface area contributed by atoms with E-state index in [1.54, 1.807) is 31.2 Å². The summed E-state index contributed by atoms with van der Waals surface area (Å²) in [5.74, 6) is 0.317. The smallest absolute Gasteiger partial charge is 0.261 e. The average Bonchev–Trinajstić information content (AvgIpc) is 2.53. The highest BCUT2D eigenvalue weighted by molar-refractivity contribution is 5.80. The largest absolute Gasteiger partial charge is 0.481 e. The van der Waals surface area contributed by atoms with E-state index in [-0.39, 0.29) is 5.91 Å². The fraction of sp³-hybridized carbons (Fsp3) is 0.176. The number of ether oxygens (including phenoxy) is 1. The molecule has 0 fully saturated rings. The molecule has 0 aliphatic rings. The van der Waals surface area contributed by atoms with E-state index in [1.807, 2.05) is 36.4 Å². The number of carbonyl (C=O) groups is 1. The molecule has 0 saturated heterocycles. The third-order valence-corrected chi connectivity index (χ3v) is 2.95. The van der Waals surface area contributed by atoms with E-state index in [2.05, 4.69) is 5.32 Å². The molecule has 21 heavy (non-hydrogen) atoms. The molecule has 0 aliphatic carbocycles. The number of hydrogen-bond donors (Lipinski definition) is 1.